The highest BCUT2D eigenvalue weighted by molar-refractivity contribution is 6.05. The van der Waals surface area contributed by atoms with Gasteiger partial charge in [0, 0.05) is 0 Å². The number of rotatable bonds is 5. The van der Waals surface area contributed by atoms with Crippen LogP contribution < -0.4 is 5.73 Å². The molecule has 0 fully saturated rings. The van der Waals surface area contributed by atoms with Crippen LogP contribution in [0.25, 0.3) is 0 Å². The molecule has 0 radical (unpaired) electrons. The number of carbonyl (C=O) groups excluding carboxylic acids is 2. The summed E-state index contributed by atoms with van der Waals surface area (Å²) in [5, 5.41) is 14.9. The molecule has 0 aromatic heterocycles. The first-order chi connectivity index (χ1) is 12.1. The van der Waals surface area contributed by atoms with Crippen LogP contribution in [0.5, 0.6) is 0 Å². The molecular formula is C17H15N3O5. The van der Waals surface area contributed by atoms with Gasteiger partial charge >= 0.3 is 11.9 Å². The first kappa shape index (κ1) is 17.7. The number of benzene rings is 2. The van der Waals surface area contributed by atoms with Crippen molar-refractivity contribution in [2.75, 3.05) is 0 Å². The summed E-state index contributed by atoms with van der Waals surface area (Å²) in [6, 6.07) is 16.3. The summed E-state index contributed by atoms with van der Waals surface area (Å²) in [4.78, 5) is 28.7. The normalized spacial score (nSPS) is 11.7. The Kier molecular flexibility index (Phi) is 6.24. The minimum atomic E-state index is -0.742. The summed E-state index contributed by atoms with van der Waals surface area (Å²) >= 11 is 0. The predicted molar refractivity (Wildman–Crippen MR) is 89.2 cm³/mol. The monoisotopic (exact) mass is 341 g/mol. The van der Waals surface area contributed by atoms with E-state index in [-0.39, 0.29) is 29.3 Å². The van der Waals surface area contributed by atoms with E-state index in [1.807, 2.05) is 0 Å². The van der Waals surface area contributed by atoms with Crippen molar-refractivity contribution in [3.8, 4) is 0 Å². The lowest BCUT2D eigenvalue weighted by molar-refractivity contribution is 0.0485. The fourth-order valence-corrected chi connectivity index (χ4v) is 1.74. The third-order valence-corrected chi connectivity index (χ3v) is 2.92. The second-order valence-corrected chi connectivity index (χ2v) is 4.75. The van der Waals surface area contributed by atoms with Gasteiger partial charge in [0.25, 0.3) is 0 Å². The molecule has 25 heavy (non-hydrogen) atoms. The molecule has 8 nitrogen and oxygen atoms in total. The zero-order valence-electron chi connectivity index (χ0n) is 13.0. The van der Waals surface area contributed by atoms with Crippen LogP contribution in [0.3, 0.4) is 0 Å². The molecule has 0 bridgehead atoms. The van der Waals surface area contributed by atoms with Gasteiger partial charge in [-0.3, -0.25) is 0 Å². The molecule has 0 saturated carbocycles. The molecule has 0 amide bonds. The molecule has 2 aromatic rings. The van der Waals surface area contributed by atoms with E-state index < -0.39 is 11.9 Å². The van der Waals surface area contributed by atoms with Crippen molar-refractivity contribution in [3.05, 3.63) is 71.8 Å². The first-order valence-corrected chi connectivity index (χ1v) is 7.17. The molecule has 128 valence electrons. The van der Waals surface area contributed by atoms with Crippen molar-refractivity contribution in [2.45, 2.75) is 6.42 Å². The lowest BCUT2D eigenvalue weighted by Crippen LogP contribution is -2.22. The molecule has 0 spiro atoms. The Morgan fingerprint density at radius 2 is 1.44 bits per heavy atom. The van der Waals surface area contributed by atoms with Crippen LogP contribution in [-0.2, 0) is 9.57 Å². The SMILES string of the molecule is N/C(C/C(=N\OC(=O)c1ccccc1)OC(=O)c1ccccc1)=N\O. The molecule has 0 aliphatic heterocycles. The van der Waals surface area contributed by atoms with Gasteiger partial charge in [-0.25, -0.2) is 9.59 Å². The Labute approximate surface area is 143 Å². The van der Waals surface area contributed by atoms with Crippen LogP contribution in [0, 0.1) is 0 Å². The Balaban J connectivity index is 2.12. The maximum atomic E-state index is 12.1. The lowest BCUT2D eigenvalue weighted by Gasteiger charge is -2.06. The Hall–Kier alpha value is -3.68. The molecule has 2 rings (SSSR count). The number of oxime groups is 2. The fourth-order valence-electron chi connectivity index (χ4n) is 1.74. The summed E-state index contributed by atoms with van der Waals surface area (Å²) in [6.45, 7) is 0. The van der Waals surface area contributed by atoms with Crippen LogP contribution in [0.1, 0.15) is 27.1 Å². The molecule has 0 heterocycles. The Bertz CT molecular complexity index is 788. The lowest BCUT2D eigenvalue weighted by atomic mass is 10.2. The Morgan fingerprint density at radius 1 is 0.920 bits per heavy atom. The first-order valence-electron chi connectivity index (χ1n) is 7.17. The number of carbonyl (C=O) groups is 2. The highest BCUT2D eigenvalue weighted by Crippen LogP contribution is 2.06. The van der Waals surface area contributed by atoms with Gasteiger partial charge in [-0.05, 0) is 29.4 Å². The average Bonchev–Trinajstić information content (AvgIpc) is 2.67. The van der Waals surface area contributed by atoms with Crippen LogP contribution in [0.2, 0.25) is 0 Å². The van der Waals surface area contributed by atoms with Crippen molar-refractivity contribution < 1.29 is 24.4 Å². The number of nitrogens with zero attached hydrogens (tertiary/aromatic N) is 2. The number of hydrogen-bond donors (Lipinski definition) is 2. The van der Waals surface area contributed by atoms with Gasteiger partial charge in [0.2, 0.25) is 5.90 Å². The van der Waals surface area contributed by atoms with Crippen molar-refractivity contribution in [1.82, 2.24) is 0 Å². The molecule has 0 atom stereocenters. The Morgan fingerprint density at radius 3 is 1.96 bits per heavy atom. The quantitative estimate of drug-likeness (QED) is 0.214. The van der Waals surface area contributed by atoms with E-state index in [9.17, 15) is 9.59 Å². The molecule has 0 unspecified atom stereocenters. The summed E-state index contributed by atoms with van der Waals surface area (Å²) in [5.41, 5.74) is 5.93. The van der Waals surface area contributed by atoms with E-state index >= 15 is 0 Å². The molecule has 0 aliphatic carbocycles. The number of amidine groups is 1. The average molecular weight is 341 g/mol. The standard InChI is InChI=1S/C17H15N3O5/c18-14(19-23)11-15(24-16(21)12-7-3-1-4-8-12)20-25-17(22)13-9-5-2-6-10-13/h1-10,23H,11H2,(H2,18,19)/b20-15+. The van der Waals surface area contributed by atoms with Gasteiger partial charge in [0.15, 0.2) is 0 Å². The van der Waals surface area contributed by atoms with Crippen molar-refractivity contribution in [2.24, 2.45) is 16.0 Å². The molecule has 0 saturated heterocycles. The minimum absolute atomic E-state index is 0.267. The van der Waals surface area contributed by atoms with Gasteiger partial charge in [-0.15, -0.1) is 0 Å². The van der Waals surface area contributed by atoms with Gasteiger partial charge in [0.1, 0.15) is 5.84 Å². The molecule has 3 N–H and O–H groups in total. The smallest absolute Gasteiger partial charge is 0.365 e. The van der Waals surface area contributed by atoms with Gasteiger partial charge in [-0.2, -0.15) is 0 Å². The number of nitrogens with two attached hydrogens (primary N) is 1. The summed E-state index contributed by atoms with van der Waals surface area (Å²) in [5.74, 6) is -2.06. The number of esters is 1. The molecular weight excluding hydrogens is 326 g/mol. The van der Waals surface area contributed by atoms with E-state index in [0.717, 1.165) is 0 Å². The zero-order valence-corrected chi connectivity index (χ0v) is 13.0. The van der Waals surface area contributed by atoms with Crippen molar-refractivity contribution in [1.29, 1.82) is 0 Å². The van der Waals surface area contributed by atoms with Crippen LogP contribution in [-0.4, -0.2) is 28.9 Å². The second kappa shape index (κ2) is 8.82. The van der Waals surface area contributed by atoms with E-state index in [2.05, 4.69) is 10.3 Å². The predicted octanol–water partition coefficient (Wildman–Crippen LogP) is 2.15. The van der Waals surface area contributed by atoms with Gasteiger partial charge in [-0.1, -0.05) is 41.6 Å². The van der Waals surface area contributed by atoms with E-state index in [1.54, 1.807) is 48.5 Å². The van der Waals surface area contributed by atoms with Crippen LogP contribution in [0.15, 0.2) is 71.0 Å². The third kappa shape index (κ3) is 5.47. The van der Waals surface area contributed by atoms with E-state index in [1.165, 1.54) is 12.1 Å². The summed E-state index contributed by atoms with van der Waals surface area (Å²) in [6.07, 6.45) is -0.322. The van der Waals surface area contributed by atoms with Crippen LogP contribution >= 0.6 is 0 Å². The largest absolute Gasteiger partial charge is 0.409 e. The summed E-state index contributed by atoms with van der Waals surface area (Å²) < 4.78 is 5.06. The van der Waals surface area contributed by atoms with Crippen molar-refractivity contribution in [3.63, 3.8) is 0 Å². The minimum Gasteiger partial charge on any atom is -0.409 e. The summed E-state index contributed by atoms with van der Waals surface area (Å²) in [7, 11) is 0. The molecule has 2 aromatic carbocycles. The fraction of sp³-hybridized carbons (Fsp3) is 0.0588. The third-order valence-electron chi connectivity index (χ3n) is 2.92. The van der Waals surface area contributed by atoms with E-state index in [4.69, 9.17) is 20.5 Å². The van der Waals surface area contributed by atoms with Crippen molar-refractivity contribution >= 4 is 23.7 Å². The van der Waals surface area contributed by atoms with Crippen LogP contribution in [0.4, 0.5) is 0 Å². The second-order valence-electron chi connectivity index (χ2n) is 4.75. The van der Waals surface area contributed by atoms with E-state index in [0.29, 0.717) is 0 Å². The maximum Gasteiger partial charge on any atom is 0.365 e. The zero-order chi connectivity index (χ0) is 18.1. The maximum absolute atomic E-state index is 12.1. The highest BCUT2D eigenvalue weighted by atomic mass is 16.7. The topological polar surface area (TPSA) is 124 Å². The molecule has 8 heteroatoms. The molecule has 0 aliphatic rings. The number of ether oxygens (including phenoxy) is 1. The van der Waals surface area contributed by atoms with Gasteiger partial charge < -0.3 is 20.5 Å². The van der Waals surface area contributed by atoms with Gasteiger partial charge in [0.05, 0.1) is 17.5 Å². The number of hydrogen-bond acceptors (Lipinski definition) is 7. The highest BCUT2D eigenvalue weighted by Gasteiger charge is 2.15.